The number of hydrogen-bond donors (Lipinski definition) is 2. The number of piperidine rings is 1. The molecule has 0 unspecified atom stereocenters. The number of anilines is 2. The van der Waals surface area contributed by atoms with Crippen molar-refractivity contribution in [1.29, 1.82) is 0 Å². The molecule has 0 radical (unpaired) electrons. The summed E-state index contributed by atoms with van der Waals surface area (Å²) in [5.41, 5.74) is 1.47. The van der Waals surface area contributed by atoms with Crippen LogP contribution in [0.5, 0.6) is 0 Å². The lowest BCUT2D eigenvalue weighted by Crippen LogP contribution is -2.43. The van der Waals surface area contributed by atoms with Crippen LogP contribution in [0.15, 0.2) is 72.1 Å². The predicted octanol–water partition coefficient (Wildman–Crippen LogP) is 3.08. The molecule has 2 heterocycles. The van der Waals surface area contributed by atoms with Crippen LogP contribution in [0.2, 0.25) is 0 Å². The maximum atomic E-state index is 13.1. The molecule has 0 aliphatic carbocycles. The Morgan fingerprint density at radius 2 is 1.87 bits per heavy atom. The fourth-order valence-electron chi connectivity index (χ4n) is 3.75. The zero-order valence-electron chi connectivity index (χ0n) is 17.1. The van der Waals surface area contributed by atoms with Gasteiger partial charge in [-0.3, -0.25) is 4.72 Å². The fourth-order valence-corrected chi connectivity index (χ4v) is 4.80. The van der Waals surface area contributed by atoms with Gasteiger partial charge in [-0.25, -0.2) is 17.8 Å². The molecule has 1 aliphatic heterocycles. The Morgan fingerprint density at radius 3 is 2.58 bits per heavy atom. The first kappa shape index (κ1) is 21.3. The summed E-state index contributed by atoms with van der Waals surface area (Å²) in [7, 11) is -3.77. The second-order valence-electron chi connectivity index (χ2n) is 7.63. The standard InChI is InChI=1S/C22H26FN5O2S/c23-18-4-6-22(7-5-18)31(29,30)26-20-2-1-3-21(16-20)28-12-8-19(9-13-28)25-11-15-27-14-10-24-17-27/h1-7,10,14,16-17,19,25-26H,8-9,11-13,15H2. The van der Waals surface area contributed by atoms with Gasteiger partial charge < -0.3 is 14.8 Å². The quantitative estimate of drug-likeness (QED) is 0.559. The van der Waals surface area contributed by atoms with Crippen molar-refractivity contribution in [3.05, 3.63) is 73.1 Å². The maximum absolute atomic E-state index is 13.1. The SMILES string of the molecule is O=S(=O)(Nc1cccc(N2CCC(NCCn3ccnc3)CC2)c1)c1ccc(F)cc1. The second kappa shape index (κ2) is 9.49. The van der Waals surface area contributed by atoms with Crippen molar-refractivity contribution < 1.29 is 12.8 Å². The molecule has 1 saturated heterocycles. The Labute approximate surface area is 182 Å². The topological polar surface area (TPSA) is 79.3 Å². The number of nitrogens with zero attached hydrogens (tertiary/aromatic N) is 3. The predicted molar refractivity (Wildman–Crippen MR) is 119 cm³/mol. The number of halogens is 1. The molecule has 9 heteroatoms. The summed E-state index contributed by atoms with van der Waals surface area (Å²) in [6, 6.07) is 12.6. The third-order valence-electron chi connectivity index (χ3n) is 5.44. The van der Waals surface area contributed by atoms with E-state index in [-0.39, 0.29) is 4.90 Å². The molecule has 4 rings (SSSR count). The molecule has 1 aliphatic rings. The van der Waals surface area contributed by atoms with E-state index in [1.54, 1.807) is 12.3 Å². The van der Waals surface area contributed by atoms with Crippen LogP contribution in [0, 0.1) is 5.82 Å². The zero-order valence-corrected chi connectivity index (χ0v) is 17.9. The number of sulfonamides is 1. The van der Waals surface area contributed by atoms with Crippen LogP contribution in [0.3, 0.4) is 0 Å². The lowest BCUT2D eigenvalue weighted by atomic mass is 10.0. The van der Waals surface area contributed by atoms with Gasteiger partial charge in [0.15, 0.2) is 0 Å². The van der Waals surface area contributed by atoms with Gasteiger partial charge in [0.05, 0.1) is 16.9 Å². The maximum Gasteiger partial charge on any atom is 0.261 e. The number of benzene rings is 2. The third kappa shape index (κ3) is 5.62. The molecule has 0 spiro atoms. The number of hydrogen-bond acceptors (Lipinski definition) is 5. The van der Waals surface area contributed by atoms with Crippen molar-refractivity contribution in [3.63, 3.8) is 0 Å². The van der Waals surface area contributed by atoms with E-state index in [1.165, 1.54) is 12.1 Å². The van der Waals surface area contributed by atoms with Gasteiger partial charge in [0.25, 0.3) is 10.0 Å². The number of aromatic nitrogens is 2. The molecule has 7 nitrogen and oxygen atoms in total. The zero-order chi connectivity index (χ0) is 21.7. The van der Waals surface area contributed by atoms with E-state index in [4.69, 9.17) is 0 Å². The first-order chi connectivity index (χ1) is 15.0. The summed E-state index contributed by atoms with van der Waals surface area (Å²) in [4.78, 5) is 6.35. The highest BCUT2D eigenvalue weighted by Gasteiger charge is 2.20. The third-order valence-corrected chi connectivity index (χ3v) is 6.84. The van der Waals surface area contributed by atoms with Crippen LogP contribution in [-0.2, 0) is 16.6 Å². The Balaban J connectivity index is 1.32. The lowest BCUT2D eigenvalue weighted by Gasteiger charge is -2.34. The Hall–Kier alpha value is -2.91. The van der Waals surface area contributed by atoms with E-state index in [1.807, 2.05) is 30.7 Å². The first-order valence-corrected chi connectivity index (χ1v) is 11.8. The highest BCUT2D eigenvalue weighted by Crippen LogP contribution is 2.25. The minimum Gasteiger partial charge on any atom is -0.371 e. The number of imidazole rings is 1. The lowest BCUT2D eigenvalue weighted by molar-refractivity contribution is 0.406. The van der Waals surface area contributed by atoms with E-state index in [0.717, 1.165) is 56.8 Å². The van der Waals surface area contributed by atoms with Crippen LogP contribution in [0.25, 0.3) is 0 Å². The first-order valence-electron chi connectivity index (χ1n) is 10.3. The van der Waals surface area contributed by atoms with E-state index >= 15 is 0 Å². The van der Waals surface area contributed by atoms with E-state index in [2.05, 4.69) is 24.5 Å². The van der Waals surface area contributed by atoms with E-state index in [9.17, 15) is 12.8 Å². The molecule has 2 N–H and O–H groups in total. The Morgan fingerprint density at radius 1 is 1.10 bits per heavy atom. The van der Waals surface area contributed by atoms with Crippen molar-refractivity contribution in [2.24, 2.45) is 0 Å². The van der Waals surface area contributed by atoms with Crippen LogP contribution in [0.4, 0.5) is 15.8 Å². The van der Waals surface area contributed by atoms with Gasteiger partial charge >= 0.3 is 0 Å². The summed E-state index contributed by atoms with van der Waals surface area (Å²) in [6.07, 6.45) is 7.61. The van der Waals surface area contributed by atoms with Gasteiger partial charge in [0, 0.05) is 50.3 Å². The van der Waals surface area contributed by atoms with Crippen LogP contribution >= 0.6 is 0 Å². The summed E-state index contributed by atoms with van der Waals surface area (Å²) < 4.78 is 42.9. The van der Waals surface area contributed by atoms with Crippen molar-refractivity contribution in [2.45, 2.75) is 30.3 Å². The molecule has 31 heavy (non-hydrogen) atoms. The summed E-state index contributed by atoms with van der Waals surface area (Å²) in [5, 5.41) is 3.60. The van der Waals surface area contributed by atoms with Crippen LogP contribution in [-0.4, -0.2) is 43.6 Å². The van der Waals surface area contributed by atoms with Gasteiger partial charge in [0.2, 0.25) is 0 Å². The van der Waals surface area contributed by atoms with Crippen LogP contribution < -0.4 is 14.9 Å². The molecule has 1 aromatic heterocycles. The molecule has 0 amide bonds. The van der Waals surface area contributed by atoms with Crippen LogP contribution in [0.1, 0.15) is 12.8 Å². The highest BCUT2D eigenvalue weighted by molar-refractivity contribution is 7.92. The molecule has 3 aromatic rings. The minimum atomic E-state index is -3.77. The Bertz CT molecular complexity index is 1080. The molecule has 0 saturated carbocycles. The fraction of sp³-hybridized carbons (Fsp3) is 0.318. The summed E-state index contributed by atoms with van der Waals surface area (Å²) >= 11 is 0. The normalized spacial score (nSPS) is 15.2. The second-order valence-corrected chi connectivity index (χ2v) is 9.31. The summed E-state index contributed by atoms with van der Waals surface area (Å²) in [6.45, 7) is 3.60. The minimum absolute atomic E-state index is 0.0295. The molecular weight excluding hydrogens is 417 g/mol. The average Bonchev–Trinajstić information content (AvgIpc) is 3.28. The Kier molecular flexibility index (Phi) is 6.53. The van der Waals surface area contributed by atoms with Gasteiger partial charge in [0.1, 0.15) is 5.82 Å². The molecule has 0 atom stereocenters. The van der Waals surface area contributed by atoms with Crippen molar-refractivity contribution in [2.75, 3.05) is 29.3 Å². The average molecular weight is 444 g/mol. The van der Waals surface area contributed by atoms with E-state index in [0.29, 0.717) is 11.7 Å². The van der Waals surface area contributed by atoms with Gasteiger partial charge in [-0.15, -0.1) is 0 Å². The molecule has 2 aromatic carbocycles. The van der Waals surface area contributed by atoms with Gasteiger partial charge in [-0.2, -0.15) is 0 Å². The van der Waals surface area contributed by atoms with Crippen molar-refractivity contribution in [1.82, 2.24) is 14.9 Å². The van der Waals surface area contributed by atoms with Crippen molar-refractivity contribution >= 4 is 21.4 Å². The number of nitrogens with one attached hydrogen (secondary N) is 2. The smallest absolute Gasteiger partial charge is 0.261 e. The molecule has 0 bridgehead atoms. The number of rotatable bonds is 8. The van der Waals surface area contributed by atoms with Gasteiger partial charge in [-0.1, -0.05) is 6.07 Å². The van der Waals surface area contributed by atoms with E-state index < -0.39 is 15.8 Å². The molecular formula is C22H26FN5O2S. The van der Waals surface area contributed by atoms with Crippen molar-refractivity contribution in [3.8, 4) is 0 Å². The largest absolute Gasteiger partial charge is 0.371 e. The molecule has 164 valence electrons. The van der Waals surface area contributed by atoms with Gasteiger partial charge in [-0.05, 0) is 55.3 Å². The highest BCUT2D eigenvalue weighted by atomic mass is 32.2. The summed E-state index contributed by atoms with van der Waals surface area (Å²) in [5.74, 6) is -0.472. The monoisotopic (exact) mass is 443 g/mol. The molecule has 1 fully saturated rings.